The van der Waals surface area contributed by atoms with E-state index >= 15 is 0 Å². The first kappa shape index (κ1) is 32.9. The van der Waals surface area contributed by atoms with Crippen molar-refractivity contribution >= 4 is 32.5 Å². The predicted octanol–water partition coefficient (Wildman–Crippen LogP) is 7.45. The number of benzene rings is 5. The van der Waals surface area contributed by atoms with E-state index in [0.29, 0.717) is 45.8 Å². The Hall–Kier alpha value is -6.64. The first-order valence-electron chi connectivity index (χ1n) is 15.9. The maximum atomic E-state index is 14.4. The number of aromatic nitrogens is 3. The topological polar surface area (TPSA) is 142 Å². The summed E-state index contributed by atoms with van der Waals surface area (Å²) in [5.74, 6) is 1.20. The number of carbonyl (C=O) groups is 1. The van der Waals surface area contributed by atoms with Gasteiger partial charge in [-0.2, -0.15) is 10.4 Å². The summed E-state index contributed by atoms with van der Waals surface area (Å²) in [7, 11) is -2.63. The number of aryl methyl sites for hydroxylation is 1. The number of methoxy groups -OCH3 is 1. The van der Waals surface area contributed by atoms with Crippen LogP contribution in [0.5, 0.6) is 17.2 Å². The lowest BCUT2D eigenvalue weighted by Crippen LogP contribution is -2.19. The molecule has 0 saturated heterocycles. The van der Waals surface area contributed by atoms with Crippen LogP contribution in [0.3, 0.4) is 0 Å². The van der Waals surface area contributed by atoms with Gasteiger partial charge >= 0.3 is 0 Å². The number of hydrogen-bond donors (Lipinski definition) is 1. The number of nitrogens with zero attached hydrogens (tertiary/aromatic N) is 4. The lowest BCUT2D eigenvalue weighted by atomic mass is 10.0. The van der Waals surface area contributed by atoms with Crippen molar-refractivity contribution in [3.63, 3.8) is 0 Å². The van der Waals surface area contributed by atoms with E-state index in [1.807, 2.05) is 37.3 Å². The van der Waals surface area contributed by atoms with Crippen LogP contribution in [0.2, 0.25) is 0 Å². The van der Waals surface area contributed by atoms with Gasteiger partial charge in [0.15, 0.2) is 0 Å². The third kappa shape index (κ3) is 6.20. The molecule has 7 aromatic rings. The number of nitriles is 1. The van der Waals surface area contributed by atoms with Crippen molar-refractivity contribution in [1.82, 2.24) is 13.8 Å². The van der Waals surface area contributed by atoms with Crippen molar-refractivity contribution in [2.24, 2.45) is 0 Å². The minimum Gasteiger partial charge on any atom is -0.497 e. The minimum atomic E-state index is -4.23. The maximum Gasteiger partial charge on any atom is 0.268 e. The van der Waals surface area contributed by atoms with Gasteiger partial charge in [-0.1, -0.05) is 48.5 Å². The average Bonchev–Trinajstić information content (AvgIpc) is 3.74. The van der Waals surface area contributed by atoms with Crippen LogP contribution in [0.15, 0.2) is 132 Å². The van der Waals surface area contributed by atoms with E-state index in [0.717, 1.165) is 20.7 Å². The van der Waals surface area contributed by atoms with E-state index in [1.54, 1.807) is 86.0 Å². The van der Waals surface area contributed by atoms with Crippen molar-refractivity contribution in [2.75, 3.05) is 12.8 Å². The van der Waals surface area contributed by atoms with Gasteiger partial charge in [-0.15, -0.1) is 0 Å². The second-order valence-electron chi connectivity index (χ2n) is 11.9. The number of ether oxygens (including phenoxy) is 2. The highest BCUT2D eigenvalue weighted by atomic mass is 32.2. The molecule has 0 amide bonds. The molecule has 7 rings (SSSR count). The highest BCUT2D eigenvalue weighted by Crippen LogP contribution is 2.33. The van der Waals surface area contributed by atoms with Crippen LogP contribution in [0.4, 0.5) is 5.82 Å². The standard InChI is InChI=1S/C40H31N5O5S/c1-26-19-32(50-31-13-7-10-28(22-31)24-41)17-18-36(26)44-40(42)35(25-43-44)39(46)38-23-34-29(20-27-9-6-12-30(21-27)49-2)11-8-16-37(34)45(38)51(47,48)33-14-4-3-5-15-33/h3-19,21-23,25H,20,42H2,1-2H3. The molecule has 2 aromatic heterocycles. The largest absolute Gasteiger partial charge is 0.497 e. The smallest absolute Gasteiger partial charge is 0.268 e. The zero-order valence-electron chi connectivity index (χ0n) is 27.6. The number of fused-ring (bicyclic) bond motifs is 1. The van der Waals surface area contributed by atoms with Crippen molar-refractivity contribution in [3.05, 3.63) is 161 Å². The van der Waals surface area contributed by atoms with Crippen LogP contribution in [0, 0.1) is 18.3 Å². The first-order valence-corrected chi connectivity index (χ1v) is 17.4. The summed E-state index contributed by atoms with van der Waals surface area (Å²) in [6.45, 7) is 1.85. The molecule has 0 saturated carbocycles. The van der Waals surface area contributed by atoms with Gasteiger partial charge in [0.1, 0.15) is 28.8 Å². The molecule has 0 atom stereocenters. The molecule has 0 radical (unpaired) electrons. The molecule has 252 valence electrons. The summed E-state index contributed by atoms with van der Waals surface area (Å²) in [5, 5.41) is 14.3. The molecule has 51 heavy (non-hydrogen) atoms. The second-order valence-corrected chi connectivity index (χ2v) is 13.7. The van der Waals surface area contributed by atoms with E-state index < -0.39 is 15.8 Å². The Balaban J connectivity index is 1.30. The summed E-state index contributed by atoms with van der Waals surface area (Å²) < 4.78 is 42.5. The zero-order chi connectivity index (χ0) is 35.7. The highest BCUT2D eigenvalue weighted by molar-refractivity contribution is 7.90. The molecule has 0 aliphatic rings. The number of nitrogen functional groups attached to an aromatic ring is 1. The zero-order valence-corrected chi connectivity index (χ0v) is 28.5. The maximum absolute atomic E-state index is 14.4. The SMILES string of the molecule is COc1cccc(Cc2cccc3c2cc(C(=O)c2cnn(-c4ccc(Oc5cccc(C#N)c5)cc4C)c2N)n3S(=O)(=O)c2ccccc2)c1. The van der Waals surface area contributed by atoms with Gasteiger partial charge < -0.3 is 15.2 Å². The summed E-state index contributed by atoms with van der Waals surface area (Å²) in [4.78, 5) is 14.5. The van der Waals surface area contributed by atoms with E-state index in [9.17, 15) is 18.5 Å². The number of hydrogen-bond acceptors (Lipinski definition) is 8. The van der Waals surface area contributed by atoms with Crippen LogP contribution in [0.1, 0.15) is 38.3 Å². The Morgan fingerprint density at radius 2 is 1.61 bits per heavy atom. The Morgan fingerprint density at radius 3 is 2.37 bits per heavy atom. The van der Waals surface area contributed by atoms with Crippen LogP contribution in [-0.4, -0.2) is 35.1 Å². The molecule has 0 bridgehead atoms. The first-order chi connectivity index (χ1) is 24.7. The molecule has 2 heterocycles. The normalized spacial score (nSPS) is 11.3. The van der Waals surface area contributed by atoms with E-state index in [2.05, 4.69) is 11.2 Å². The molecule has 2 N–H and O–H groups in total. The molecule has 0 unspecified atom stereocenters. The Labute approximate surface area is 294 Å². The van der Waals surface area contributed by atoms with Gasteiger partial charge in [0.2, 0.25) is 5.78 Å². The molecular formula is C40H31N5O5S. The lowest BCUT2D eigenvalue weighted by molar-refractivity contribution is 0.103. The molecule has 0 fully saturated rings. The summed E-state index contributed by atoms with van der Waals surface area (Å²) in [6, 6.07) is 36.9. The summed E-state index contributed by atoms with van der Waals surface area (Å²) in [6.07, 6.45) is 1.82. The van der Waals surface area contributed by atoms with Gasteiger partial charge in [-0.05, 0) is 103 Å². The minimum absolute atomic E-state index is 0.0377. The van der Waals surface area contributed by atoms with E-state index in [1.165, 1.54) is 23.0 Å². The molecule has 0 aliphatic heterocycles. The quantitative estimate of drug-likeness (QED) is 0.146. The van der Waals surface area contributed by atoms with Gasteiger partial charge in [-0.25, -0.2) is 17.1 Å². The fourth-order valence-corrected chi connectivity index (χ4v) is 7.62. The van der Waals surface area contributed by atoms with Gasteiger partial charge in [0, 0.05) is 5.39 Å². The van der Waals surface area contributed by atoms with Crippen molar-refractivity contribution < 1.29 is 22.7 Å². The van der Waals surface area contributed by atoms with Crippen molar-refractivity contribution in [3.8, 4) is 29.0 Å². The van der Waals surface area contributed by atoms with Crippen molar-refractivity contribution in [2.45, 2.75) is 18.2 Å². The van der Waals surface area contributed by atoms with Crippen LogP contribution in [-0.2, 0) is 16.4 Å². The molecular weight excluding hydrogens is 663 g/mol. The van der Waals surface area contributed by atoms with Gasteiger partial charge in [0.25, 0.3) is 10.0 Å². The molecule has 0 aliphatic carbocycles. The number of ketones is 1. The lowest BCUT2D eigenvalue weighted by Gasteiger charge is -2.13. The summed E-state index contributed by atoms with van der Waals surface area (Å²) >= 11 is 0. The molecule has 0 spiro atoms. The number of rotatable bonds is 10. The van der Waals surface area contributed by atoms with Crippen LogP contribution < -0.4 is 15.2 Å². The number of anilines is 1. The second kappa shape index (κ2) is 13.3. The highest BCUT2D eigenvalue weighted by Gasteiger charge is 2.30. The van der Waals surface area contributed by atoms with Crippen LogP contribution >= 0.6 is 0 Å². The van der Waals surface area contributed by atoms with Crippen molar-refractivity contribution in [1.29, 1.82) is 5.26 Å². The molecule has 5 aromatic carbocycles. The fraction of sp³-hybridized carbons (Fsp3) is 0.0750. The Kier molecular flexibility index (Phi) is 8.60. The molecule has 11 heteroatoms. The van der Waals surface area contributed by atoms with E-state index in [-0.39, 0.29) is 22.0 Å². The Morgan fingerprint density at radius 1 is 0.863 bits per heavy atom. The molecule has 10 nitrogen and oxygen atoms in total. The Bertz CT molecular complexity index is 2600. The summed E-state index contributed by atoms with van der Waals surface area (Å²) in [5.41, 5.74) is 10.6. The van der Waals surface area contributed by atoms with E-state index in [4.69, 9.17) is 15.2 Å². The monoisotopic (exact) mass is 693 g/mol. The predicted molar refractivity (Wildman–Crippen MR) is 194 cm³/mol. The third-order valence-electron chi connectivity index (χ3n) is 8.58. The third-order valence-corrected chi connectivity index (χ3v) is 10.3. The van der Waals surface area contributed by atoms with Gasteiger partial charge in [0.05, 0.1) is 46.6 Å². The van der Waals surface area contributed by atoms with Crippen LogP contribution in [0.25, 0.3) is 16.6 Å². The number of nitrogens with two attached hydrogens (primary N) is 1. The van der Waals surface area contributed by atoms with Gasteiger partial charge in [-0.3, -0.25) is 4.79 Å². The number of carbonyl (C=O) groups excluding carboxylic acids is 1. The fourth-order valence-electron chi connectivity index (χ4n) is 6.10. The average molecular weight is 694 g/mol.